The third-order valence-corrected chi connectivity index (χ3v) is 11.0. The van der Waals surface area contributed by atoms with E-state index in [2.05, 4.69) is 122 Å². The van der Waals surface area contributed by atoms with Crippen molar-refractivity contribution in [3.05, 3.63) is 126 Å². The minimum absolute atomic E-state index is 0. The second-order valence-electron chi connectivity index (χ2n) is 8.96. The Bertz CT molecular complexity index is 980. The van der Waals surface area contributed by atoms with Crippen molar-refractivity contribution in [3.8, 4) is 0 Å². The fraction of sp³-hybridized carbons (Fsp3) is 0.250. The van der Waals surface area contributed by atoms with Gasteiger partial charge in [-0.05, 0) is 60.4 Å². The summed E-state index contributed by atoms with van der Waals surface area (Å²) in [5.41, 5.74) is 2.90. The van der Waals surface area contributed by atoms with Crippen LogP contribution in [0.3, 0.4) is 0 Å². The van der Waals surface area contributed by atoms with Crippen LogP contribution in [-0.2, 0) is 12.6 Å². The average molecular weight is 532 g/mol. The lowest BCUT2D eigenvalue weighted by atomic mass is 10.0. The molecule has 0 fully saturated rings. The zero-order chi connectivity index (χ0) is 22.8. The highest BCUT2D eigenvalue weighted by molar-refractivity contribution is 7.95. The normalized spacial score (nSPS) is 11.1. The molecule has 4 aromatic carbocycles. The topological polar surface area (TPSA) is 0 Å². The first kappa shape index (κ1) is 26.4. The SMILES string of the molecule is CCCCCCCc1ccc(C[P+](c2ccccc2)(c2ccccc2)c2ccccc2)cc1.[Br-]. The van der Waals surface area contributed by atoms with Gasteiger partial charge >= 0.3 is 0 Å². The largest absolute Gasteiger partial charge is 1.00 e. The van der Waals surface area contributed by atoms with Gasteiger partial charge in [0, 0.05) is 0 Å². The van der Waals surface area contributed by atoms with E-state index in [9.17, 15) is 0 Å². The molecule has 0 N–H and O–H groups in total. The van der Waals surface area contributed by atoms with Crippen molar-refractivity contribution < 1.29 is 17.0 Å². The molecule has 0 aromatic heterocycles. The summed E-state index contributed by atoms with van der Waals surface area (Å²) in [6.45, 7) is 2.28. The fourth-order valence-corrected chi connectivity index (χ4v) is 9.03. The van der Waals surface area contributed by atoms with Gasteiger partial charge in [0.1, 0.15) is 23.2 Å². The van der Waals surface area contributed by atoms with Crippen LogP contribution in [0.15, 0.2) is 115 Å². The summed E-state index contributed by atoms with van der Waals surface area (Å²) in [5.74, 6) is 0. The lowest BCUT2D eigenvalue weighted by molar-refractivity contribution is -0.00000662. The van der Waals surface area contributed by atoms with Crippen LogP contribution in [0.2, 0.25) is 0 Å². The van der Waals surface area contributed by atoms with Crippen LogP contribution in [0.25, 0.3) is 0 Å². The van der Waals surface area contributed by atoms with E-state index >= 15 is 0 Å². The standard InChI is InChI=1S/C32H36P.BrH/c1-2-3-4-5-9-16-28-23-25-29(26-24-28)27-33(30-17-10-6-11-18-30,31-19-12-7-13-20-31)32-21-14-8-15-22-32;/h6-8,10-15,17-26H,2-5,9,16,27H2,1H3;1H/q+1;/p-1. The second-order valence-corrected chi connectivity index (χ2v) is 12.4. The van der Waals surface area contributed by atoms with E-state index in [4.69, 9.17) is 0 Å². The van der Waals surface area contributed by atoms with Gasteiger partial charge in [-0.2, -0.15) is 0 Å². The van der Waals surface area contributed by atoms with Crippen LogP contribution >= 0.6 is 7.26 Å². The number of unbranched alkanes of at least 4 members (excludes halogenated alkanes) is 4. The lowest BCUT2D eigenvalue weighted by Crippen LogP contribution is -3.00. The van der Waals surface area contributed by atoms with Gasteiger partial charge in [0.25, 0.3) is 0 Å². The van der Waals surface area contributed by atoms with E-state index in [0.717, 1.165) is 6.16 Å². The van der Waals surface area contributed by atoms with Gasteiger partial charge in [-0.3, -0.25) is 0 Å². The van der Waals surface area contributed by atoms with Gasteiger partial charge in [-0.25, -0.2) is 0 Å². The van der Waals surface area contributed by atoms with E-state index < -0.39 is 7.26 Å². The van der Waals surface area contributed by atoms with Crippen molar-refractivity contribution in [2.45, 2.75) is 51.6 Å². The molecule has 0 amide bonds. The third kappa shape index (κ3) is 6.47. The summed E-state index contributed by atoms with van der Waals surface area (Å²) in [6, 6.07) is 43.0. The number of halogens is 1. The van der Waals surface area contributed by atoms with Gasteiger partial charge in [-0.1, -0.05) is 111 Å². The Hall–Kier alpha value is -2.21. The molecule has 0 radical (unpaired) electrons. The molecule has 0 aliphatic carbocycles. The Kier molecular flexibility index (Phi) is 10.6. The molecule has 0 saturated heterocycles. The Morgan fingerprint density at radius 1 is 0.471 bits per heavy atom. The highest BCUT2D eigenvalue weighted by Gasteiger charge is 2.45. The smallest absolute Gasteiger partial charge is 0.116 e. The predicted molar refractivity (Wildman–Crippen MR) is 148 cm³/mol. The maximum Gasteiger partial charge on any atom is 0.116 e. The fourth-order valence-electron chi connectivity index (χ4n) is 4.79. The molecule has 2 heteroatoms. The lowest BCUT2D eigenvalue weighted by Gasteiger charge is -2.28. The second kappa shape index (κ2) is 13.6. The summed E-state index contributed by atoms with van der Waals surface area (Å²) < 4.78 is 0. The molecule has 0 heterocycles. The minimum atomic E-state index is -1.82. The molecule has 4 aromatic rings. The van der Waals surface area contributed by atoms with Crippen LogP contribution in [0.4, 0.5) is 0 Å². The zero-order valence-electron chi connectivity index (χ0n) is 20.2. The molecule has 4 rings (SSSR count). The van der Waals surface area contributed by atoms with Crippen LogP contribution in [0.1, 0.15) is 50.2 Å². The molecular formula is C32H36BrP. The number of benzene rings is 4. The first-order valence-corrected chi connectivity index (χ1v) is 14.4. The monoisotopic (exact) mass is 530 g/mol. The number of aryl methyl sites for hydroxylation is 1. The van der Waals surface area contributed by atoms with Crippen molar-refractivity contribution in [3.63, 3.8) is 0 Å². The van der Waals surface area contributed by atoms with Crippen molar-refractivity contribution in [2.75, 3.05) is 0 Å². The molecule has 0 aliphatic heterocycles. The molecular weight excluding hydrogens is 495 g/mol. The summed E-state index contributed by atoms with van der Waals surface area (Å²) in [4.78, 5) is 0. The molecule has 0 saturated carbocycles. The van der Waals surface area contributed by atoms with Gasteiger partial charge < -0.3 is 17.0 Å². The van der Waals surface area contributed by atoms with E-state index in [-0.39, 0.29) is 17.0 Å². The number of rotatable bonds is 11. The predicted octanol–water partition coefficient (Wildman–Crippen LogP) is 4.70. The number of hydrogen-bond donors (Lipinski definition) is 0. The van der Waals surface area contributed by atoms with Crippen LogP contribution in [0.5, 0.6) is 0 Å². The maximum absolute atomic E-state index is 2.38. The van der Waals surface area contributed by atoms with Crippen LogP contribution < -0.4 is 32.9 Å². The maximum atomic E-state index is 2.38. The van der Waals surface area contributed by atoms with Gasteiger partial charge in [0.2, 0.25) is 0 Å². The molecule has 176 valence electrons. The highest BCUT2D eigenvalue weighted by Crippen LogP contribution is 2.58. The quantitative estimate of drug-likeness (QED) is 0.195. The summed E-state index contributed by atoms with van der Waals surface area (Å²) in [6.07, 6.45) is 8.93. The molecule has 34 heavy (non-hydrogen) atoms. The first-order chi connectivity index (χ1) is 16.3. The summed E-state index contributed by atoms with van der Waals surface area (Å²) in [5, 5.41) is 4.34. The van der Waals surface area contributed by atoms with Crippen molar-refractivity contribution in [1.29, 1.82) is 0 Å². The van der Waals surface area contributed by atoms with Gasteiger partial charge in [0.15, 0.2) is 0 Å². The zero-order valence-corrected chi connectivity index (χ0v) is 22.7. The Labute approximate surface area is 217 Å². The van der Waals surface area contributed by atoms with E-state index in [1.54, 1.807) is 0 Å². The Morgan fingerprint density at radius 2 is 0.882 bits per heavy atom. The molecule has 0 bridgehead atoms. The minimum Gasteiger partial charge on any atom is -1.00 e. The average Bonchev–Trinajstić information content (AvgIpc) is 2.89. The van der Waals surface area contributed by atoms with Gasteiger partial charge in [-0.15, -0.1) is 0 Å². The first-order valence-electron chi connectivity index (χ1n) is 12.5. The highest BCUT2D eigenvalue weighted by atomic mass is 79.9. The summed E-state index contributed by atoms with van der Waals surface area (Å²) in [7, 11) is -1.82. The van der Waals surface area contributed by atoms with Crippen molar-refractivity contribution in [1.82, 2.24) is 0 Å². The number of hydrogen-bond acceptors (Lipinski definition) is 0. The molecule has 0 spiro atoms. The van der Waals surface area contributed by atoms with E-state index in [1.807, 2.05) is 0 Å². The summed E-state index contributed by atoms with van der Waals surface area (Å²) >= 11 is 0. The molecule has 0 atom stereocenters. The Morgan fingerprint density at radius 3 is 1.32 bits per heavy atom. The van der Waals surface area contributed by atoms with Crippen LogP contribution in [-0.4, -0.2) is 0 Å². The van der Waals surface area contributed by atoms with Crippen molar-refractivity contribution >= 4 is 23.2 Å². The molecule has 0 unspecified atom stereocenters. The van der Waals surface area contributed by atoms with Crippen LogP contribution in [0, 0.1) is 0 Å². The van der Waals surface area contributed by atoms with Gasteiger partial charge in [0.05, 0.1) is 6.16 Å². The van der Waals surface area contributed by atoms with Crippen molar-refractivity contribution in [2.24, 2.45) is 0 Å². The van der Waals surface area contributed by atoms with E-state index in [1.165, 1.54) is 65.6 Å². The molecule has 0 aliphatic rings. The Balaban J connectivity index is 0.00000324. The van der Waals surface area contributed by atoms with E-state index in [0.29, 0.717) is 0 Å². The molecule has 0 nitrogen and oxygen atoms in total. The third-order valence-electron chi connectivity index (χ3n) is 6.60.